The lowest BCUT2D eigenvalue weighted by atomic mass is 10.0. The first-order chi connectivity index (χ1) is 16.8. The van der Waals surface area contributed by atoms with Gasteiger partial charge >= 0.3 is 0 Å². The molecule has 3 aromatic heterocycles. The van der Waals surface area contributed by atoms with Crippen LogP contribution in [-0.4, -0.2) is 30.4 Å². The molecule has 0 bridgehead atoms. The van der Waals surface area contributed by atoms with E-state index in [2.05, 4.69) is 28.8 Å². The Kier molecular flexibility index (Phi) is 5.84. The highest BCUT2D eigenvalue weighted by atomic mass is 19.3. The third-order valence-corrected chi connectivity index (χ3v) is 6.04. The minimum atomic E-state index is -2.62. The zero-order valence-corrected chi connectivity index (χ0v) is 19.6. The van der Waals surface area contributed by atoms with Gasteiger partial charge in [-0.1, -0.05) is 38.1 Å². The molecule has 4 heterocycles. The van der Waals surface area contributed by atoms with Gasteiger partial charge in [-0.25, -0.2) is 23.7 Å². The van der Waals surface area contributed by atoms with Crippen LogP contribution >= 0.6 is 0 Å². The summed E-state index contributed by atoms with van der Waals surface area (Å²) in [5, 5.41) is 0. The Hall–Kier alpha value is -4.01. The van der Waals surface area contributed by atoms with Crippen molar-refractivity contribution in [1.82, 2.24) is 24.5 Å². The van der Waals surface area contributed by atoms with Crippen LogP contribution in [0.3, 0.4) is 0 Å². The second-order valence-corrected chi connectivity index (χ2v) is 8.89. The highest BCUT2D eigenvalue weighted by Crippen LogP contribution is 2.32. The summed E-state index contributed by atoms with van der Waals surface area (Å²) in [5.41, 5.74) is 3.91. The number of halogens is 2. The zero-order valence-electron chi connectivity index (χ0n) is 19.6. The van der Waals surface area contributed by atoms with Gasteiger partial charge in [-0.15, -0.1) is 0 Å². The lowest BCUT2D eigenvalue weighted by molar-refractivity contribution is -0.117. The van der Waals surface area contributed by atoms with Crippen LogP contribution in [0.2, 0.25) is 0 Å². The van der Waals surface area contributed by atoms with Gasteiger partial charge in [-0.05, 0) is 23.6 Å². The molecule has 9 heteroatoms. The number of imidazole rings is 1. The number of anilines is 1. The number of carbonyl (C=O) groups excluding carboxylic acids is 1. The van der Waals surface area contributed by atoms with Crippen molar-refractivity contribution in [3.05, 3.63) is 77.5 Å². The molecule has 0 saturated heterocycles. The van der Waals surface area contributed by atoms with Gasteiger partial charge in [0, 0.05) is 42.3 Å². The fourth-order valence-corrected chi connectivity index (χ4v) is 4.30. The normalized spacial score (nSPS) is 13.2. The average Bonchev–Trinajstić information content (AvgIpc) is 3.39. The molecule has 5 rings (SSSR count). The van der Waals surface area contributed by atoms with E-state index < -0.39 is 6.43 Å². The van der Waals surface area contributed by atoms with Gasteiger partial charge < -0.3 is 4.57 Å². The maximum absolute atomic E-state index is 13.0. The van der Waals surface area contributed by atoms with Gasteiger partial charge in [0.15, 0.2) is 5.82 Å². The van der Waals surface area contributed by atoms with E-state index in [-0.39, 0.29) is 23.9 Å². The van der Waals surface area contributed by atoms with E-state index in [9.17, 15) is 13.6 Å². The Bertz CT molecular complexity index is 1400. The minimum absolute atomic E-state index is 0.0449. The van der Waals surface area contributed by atoms with Crippen molar-refractivity contribution >= 4 is 11.7 Å². The van der Waals surface area contributed by atoms with Crippen LogP contribution in [0.4, 0.5) is 14.6 Å². The molecule has 178 valence electrons. The van der Waals surface area contributed by atoms with Gasteiger partial charge in [0.2, 0.25) is 5.91 Å². The first-order valence-corrected chi connectivity index (χ1v) is 11.3. The minimum Gasteiger partial charge on any atom is -0.334 e. The molecule has 0 fully saturated rings. The average molecular weight is 475 g/mol. The summed E-state index contributed by atoms with van der Waals surface area (Å²) < 4.78 is 27.6. The zero-order chi connectivity index (χ0) is 24.7. The number of carbonyl (C=O) groups is 1. The van der Waals surface area contributed by atoms with Crippen molar-refractivity contribution in [2.75, 3.05) is 4.90 Å². The van der Waals surface area contributed by atoms with Gasteiger partial charge in [0.05, 0.1) is 18.7 Å². The number of hydrogen-bond donors (Lipinski definition) is 0. The largest absolute Gasteiger partial charge is 0.334 e. The number of benzene rings is 1. The van der Waals surface area contributed by atoms with Gasteiger partial charge in [0.1, 0.15) is 17.3 Å². The smallest absolute Gasteiger partial charge is 0.281 e. The molecule has 1 aliphatic heterocycles. The lowest BCUT2D eigenvalue weighted by Gasteiger charge is -2.18. The van der Waals surface area contributed by atoms with Crippen LogP contribution in [-0.2, 0) is 24.8 Å². The summed E-state index contributed by atoms with van der Waals surface area (Å²) in [4.78, 5) is 32.3. The lowest BCUT2D eigenvalue weighted by Crippen LogP contribution is -2.26. The number of rotatable bonds is 6. The van der Waals surface area contributed by atoms with Gasteiger partial charge in [0.25, 0.3) is 6.43 Å². The van der Waals surface area contributed by atoms with Crippen molar-refractivity contribution in [3.63, 3.8) is 0 Å². The predicted molar refractivity (Wildman–Crippen MR) is 128 cm³/mol. The first kappa shape index (κ1) is 22.8. The Morgan fingerprint density at radius 3 is 2.51 bits per heavy atom. The highest BCUT2D eigenvalue weighted by molar-refractivity contribution is 6.00. The number of amides is 1. The molecule has 1 aliphatic rings. The monoisotopic (exact) mass is 474 g/mol. The van der Waals surface area contributed by atoms with Crippen molar-refractivity contribution in [1.29, 1.82) is 0 Å². The molecule has 0 atom stereocenters. The molecule has 7 nitrogen and oxygen atoms in total. The van der Waals surface area contributed by atoms with Gasteiger partial charge in [-0.3, -0.25) is 14.7 Å². The molecule has 0 N–H and O–H groups in total. The van der Waals surface area contributed by atoms with Crippen LogP contribution < -0.4 is 4.90 Å². The van der Waals surface area contributed by atoms with Crippen molar-refractivity contribution in [3.8, 4) is 22.8 Å². The van der Waals surface area contributed by atoms with Crippen LogP contribution in [0.15, 0.2) is 55.0 Å². The summed E-state index contributed by atoms with van der Waals surface area (Å²) in [6.45, 7) is 4.48. The molecule has 0 unspecified atom stereocenters. The van der Waals surface area contributed by atoms with Crippen LogP contribution in [0.5, 0.6) is 0 Å². The summed E-state index contributed by atoms with van der Waals surface area (Å²) in [5.74, 6) is 1.77. The van der Waals surface area contributed by atoms with E-state index >= 15 is 0 Å². The predicted octanol–water partition coefficient (Wildman–Crippen LogP) is 5.09. The molecule has 1 aromatic carbocycles. The van der Waals surface area contributed by atoms with E-state index in [4.69, 9.17) is 4.98 Å². The summed E-state index contributed by atoms with van der Waals surface area (Å²) in [7, 11) is 1.69. The third kappa shape index (κ3) is 4.29. The number of pyridine rings is 1. The van der Waals surface area contributed by atoms with Crippen molar-refractivity contribution in [2.45, 2.75) is 39.2 Å². The molecule has 0 aliphatic carbocycles. The Labute approximate surface area is 201 Å². The van der Waals surface area contributed by atoms with Crippen LogP contribution in [0.25, 0.3) is 22.8 Å². The Morgan fingerprint density at radius 1 is 1.06 bits per heavy atom. The van der Waals surface area contributed by atoms with E-state index in [1.165, 1.54) is 6.20 Å². The maximum atomic E-state index is 13.0. The van der Waals surface area contributed by atoms with E-state index in [1.807, 2.05) is 36.4 Å². The quantitative estimate of drug-likeness (QED) is 0.389. The summed E-state index contributed by atoms with van der Waals surface area (Å²) >= 11 is 0. The van der Waals surface area contributed by atoms with Crippen molar-refractivity contribution < 1.29 is 13.6 Å². The number of fused-ring (bicyclic) bond motifs is 1. The Balaban J connectivity index is 1.42. The van der Waals surface area contributed by atoms with E-state index in [0.717, 1.165) is 27.9 Å². The molecular weight excluding hydrogens is 450 g/mol. The third-order valence-electron chi connectivity index (χ3n) is 6.04. The standard InChI is InChI=1S/C26H24F2N6O/c1-15(2)22-19(5-4-10-29-22)24-30-12-18-11-21(35)34(26(18)32-24)13-16-6-8-17(9-7-16)25-31-20(23(27)28)14-33(25)3/h4-10,12,14-15,23H,11,13H2,1-3H3. The van der Waals surface area contributed by atoms with Gasteiger partial charge in [-0.2, -0.15) is 0 Å². The number of alkyl halides is 2. The summed E-state index contributed by atoms with van der Waals surface area (Å²) in [6.07, 6.45) is 2.44. The topological polar surface area (TPSA) is 76.8 Å². The fourth-order valence-electron chi connectivity index (χ4n) is 4.30. The molecule has 4 aromatic rings. The molecule has 0 radical (unpaired) electrons. The van der Waals surface area contributed by atoms with Crippen LogP contribution in [0, 0.1) is 0 Å². The molecule has 35 heavy (non-hydrogen) atoms. The van der Waals surface area contributed by atoms with Crippen LogP contribution in [0.1, 0.15) is 48.7 Å². The molecular formula is C26H24F2N6O. The van der Waals surface area contributed by atoms with E-state index in [0.29, 0.717) is 24.0 Å². The Morgan fingerprint density at radius 2 is 1.83 bits per heavy atom. The second kappa shape index (κ2) is 8.98. The SMILES string of the molecule is CC(C)c1ncccc1-c1ncc2c(n1)N(Cc1ccc(-c3nc(C(F)F)cn3C)cc1)C(=O)C2. The fraction of sp³-hybridized carbons (Fsp3) is 0.269. The van der Waals surface area contributed by atoms with E-state index in [1.54, 1.807) is 28.9 Å². The molecule has 0 saturated carbocycles. The number of hydrogen-bond acceptors (Lipinski definition) is 5. The maximum Gasteiger partial charge on any atom is 0.281 e. The highest BCUT2D eigenvalue weighted by Gasteiger charge is 2.30. The number of aromatic nitrogens is 5. The number of nitrogens with zero attached hydrogens (tertiary/aromatic N) is 6. The molecule has 0 spiro atoms. The summed E-state index contributed by atoms with van der Waals surface area (Å²) in [6, 6.07) is 11.2. The first-order valence-electron chi connectivity index (χ1n) is 11.3. The number of aryl methyl sites for hydroxylation is 1. The second-order valence-electron chi connectivity index (χ2n) is 8.89. The van der Waals surface area contributed by atoms with Crippen molar-refractivity contribution in [2.24, 2.45) is 7.05 Å². The molecule has 1 amide bonds.